The van der Waals surface area contributed by atoms with Crippen molar-refractivity contribution < 1.29 is 4.74 Å². The van der Waals surface area contributed by atoms with Gasteiger partial charge in [-0.05, 0) is 48.4 Å². The van der Waals surface area contributed by atoms with Crippen LogP contribution in [-0.4, -0.2) is 7.11 Å². The van der Waals surface area contributed by atoms with Gasteiger partial charge in [0.2, 0.25) is 0 Å². The summed E-state index contributed by atoms with van der Waals surface area (Å²) in [5.74, 6) is 0.853. The fourth-order valence-corrected chi connectivity index (χ4v) is 4.05. The molecule has 0 fully saturated rings. The molecule has 1 aromatic heterocycles. The van der Waals surface area contributed by atoms with Crippen molar-refractivity contribution in [3.8, 4) is 5.75 Å². The summed E-state index contributed by atoms with van der Waals surface area (Å²) in [6.45, 7) is 0.739. The van der Waals surface area contributed by atoms with E-state index < -0.39 is 0 Å². The number of hydrogen-bond donors (Lipinski definition) is 1. The average Bonchev–Trinajstić information content (AvgIpc) is 2.94. The lowest BCUT2D eigenvalue weighted by Crippen LogP contribution is -2.24. The summed E-state index contributed by atoms with van der Waals surface area (Å²) in [6.07, 6.45) is 3.67. The fraction of sp³-hybridized carbons (Fsp3) is 0.375. The minimum absolute atomic E-state index is 0.436. The zero-order valence-electron chi connectivity index (χ0n) is 11.5. The zero-order valence-corrected chi connectivity index (χ0v) is 13.1. The number of ether oxygens (including phenoxy) is 1. The zero-order chi connectivity index (χ0) is 13.9. The molecule has 1 aliphatic rings. The quantitative estimate of drug-likeness (QED) is 0.893. The summed E-state index contributed by atoms with van der Waals surface area (Å²) in [4.78, 5) is 1.53. The molecule has 1 N–H and O–H groups in total. The van der Waals surface area contributed by atoms with E-state index in [9.17, 15) is 0 Å². The summed E-state index contributed by atoms with van der Waals surface area (Å²) in [5, 5.41) is 6.60. The SMILES string of the molecule is COc1cccc(Cl)c1CNC1CCCc2sccc21. The normalized spacial score (nSPS) is 17.8. The van der Waals surface area contributed by atoms with Crippen molar-refractivity contribution in [1.82, 2.24) is 5.32 Å². The minimum Gasteiger partial charge on any atom is -0.496 e. The predicted octanol–water partition coefficient (Wildman–Crippen LogP) is 4.58. The van der Waals surface area contributed by atoms with E-state index in [-0.39, 0.29) is 0 Å². The summed E-state index contributed by atoms with van der Waals surface area (Å²) in [5.41, 5.74) is 2.51. The van der Waals surface area contributed by atoms with Crippen LogP contribution in [0.5, 0.6) is 5.75 Å². The van der Waals surface area contributed by atoms with Crippen LogP contribution in [-0.2, 0) is 13.0 Å². The van der Waals surface area contributed by atoms with E-state index in [0.717, 1.165) is 22.9 Å². The Bertz CT molecular complexity index is 596. The number of rotatable bonds is 4. The second-order valence-electron chi connectivity index (χ2n) is 5.05. The molecule has 1 atom stereocenters. The van der Waals surface area contributed by atoms with E-state index in [2.05, 4.69) is 16.8 Å². The van der Waals surface area contributed by atoms with Crippen LogP contribution in [0.1, 0.15) is 34.9 Å². The van der Waals surface area contributed by atoms with Gasteiger partial charge in [-0.25, -0.2) is 0 Å². The molecule has 106 valence electrons. The van der Waals surface area contributed by atoms with Gasteiger partial charge < -0.3 is 10.1 Å². The van der Waals surface area contributed by atoms with Gasteiger partial charge in [0, 0.05) is 28.0 Å². The van der Waals surface area contributed by atoms with Gasteiger partial charge >= 0.3 is 0 Å². The Morgan fingerprint density at radius 2 is 2.30 bits per heavy atom. The monoisotopic (exact) mass is 307 g/mol. The second-order valence-corrected chi connectivity index (χ2v) is 6.45. The number of benzene rings is 1. The molecule has 0 spiro atoms. The molecule has 0 saturated carbocycles. The van der Waals surface area contributed by atoms with E-state index in [1.807, 2.05) is 29.5 Å². The molecule has 4 heteroatoms. The van der Waals surface area contributed by atoms with E-state index in [1.54, 1.807) is 7.11 Å². The fourth-order valence-electron chi connectivity index (χ4n) is 2.83. The highest BCUT2D eigenvalue weighted by atomic mass is 35.5. The Labute approximate surface area is 128 Å². The molecule has 0 amide bonds. The Hall–Kier alpha value is -1.03. The lowest BCUT2D eigenvalue weighted by molar-refractivity contribution is 0.401. The van der Waals surface area contributed by atoms with Crippen LogP contribution in [0.4, 0.5) is 0 Å². The largest absolute Gasteiger partial charge is 0.496 e. The standard InChI is InChI=1S/C16H18ClNOS/c1-19-15-6-2-4-13(17)12(15)10-18-14-5-3-7-16-11(14)8-9-20-16/h2,4,6,8-9,14,18H,3,5,7,10H2,1H3. The lowest BCUT2D eigenvalue weighted by Gasteiger charge is -2.24. The Balaban J connectivity index is 1.75. The highest BCUT2D eigenvalue weighted by molar-refractivity contribution is 7.10. The van der Waals surface area contributed by atoms with E-state index >= 15 is 0 Å². The Morgan fingerprint density at radius 1 is 1.40 bits per heavy atom. The smallest absolute Gasteiger partial charge is 0.124 e. The van der Waals surface area contributed by atoms with Crippen LogP contribution in [0.3, 0.4) is 0 Å². The lowest BCUT2D eigenvalue weighted by atomic mass is 9.94. The topological polar surface area (TPSA) is 21.3 Å². The molecule has 1 unspecified atom stereocenters. The van der Waals surface area contributed by atoms with Crippen molar-refractivity contribution in [1.29, 1.82) is 0 Å². The van der Waals surface area contributed by atoms with Crippen molar-refractivity contribution in [3.05, 3.63) is 50.7 Å². The highest BCUT2D eigenvalue weighted by Crippen LogP contribution is 2.34. The predicted molar refractivity (Wildman–Crippen MR) is 84.8 cm³/mol. The average molecular weight is 308 g/mol. The van der Waals surface area contributed by atoms with Gasteiger partial charge in [-0.1, -0.05) is 17.7 Å². The van der Waals surface area contributed by atoms with Crippen LogP contribution >= 0.6 is 22.9 Å². The van der Waals surface area contributed by atoms with E-state index in [1.165, 1.54) is 29.7 Å². The van der Waals surface area contributed by atoms with Crippen LogP contribution in [0.25, 0.3) is 0 Å². The number of nitrogens with one attached hydrogen (secondary N) is 1. The molecule has 1 heterocycles. The maximum atomic E-state index is 6.29. The summed E-state index contributed by atoms with van der Waals surface area (Å²) < 4.78 is 5.40. The number of methoxy groups -OCH3 is 1. The third kappa shape index (κ3) is 2.71. The first kappa shape index (κ1) is 13.9. The van der Waals surface area contributed by atoms with Gasteiger partial charge in [-0.2, -0.15) is 0 Å². The molecule has 0 radical (unpaired) electrons. The van der Waals surface area contributed by atoms with Gasteiger partial charge in [-0.3, -0.25) is 0 Å². The van der Waals surface area contributed by atoms with Gasteiger partial charge in [0.1, 0.15) is 5.75 Å². The molecular weight excluding hydrogens is 290 g/mol. The van der Waals surface area contributed by atoms with Gasteiger partial charge in [0.15, 0.2) is 0 Å². The molecule has 0 bridgehead atoms. The third-order valence-electron chi connectivity index (χ3n) is 3.87. The minimum atomic E-state index is 0.436. The van der Waals surface area contributed by atoms with Gasteiger partial charge in [0.05, 0.1) is 7.11 Å². The Kier molecular flexibility index (Phi) is 4.29. The van der Waals surface area contributed by atoms with E-state index in [0.29, 0.717) is 6.04 Å². The van der Waals surface area contributed by atoms with Crippen molar-refractivity contribution in [2.75, 3.05) is 7.11 Å². The molecule has 0 aliphatic heterocycles. The number of fused-ring (bicyclic) bond motifs is 1. The number of halogens is 1. The second kappa shape index (κ2) is 6.17. The van der Waals surface area contributed by atoms with Crippen LogP contribution in [0.15, 0.2) is 29.6 Å². The van der Waals surface area contributed by atoms with Crippen LogP contribution in [0, 0.1) is 0 Å². The van der Waals surface area contributed by atoms with Crippen LogP contribution in [0.2, 0.25) is 5.02 Å². The summed E-state index contributed by atoms with van der Waals surface area (Å²) in [6, 6.07) is 8.48. The first-order chi connectivity index (χ1) is 9.79. The van der Waals surface area contributed by atoms with Crippen molar-refractivity contribution in [3.63, 3.8) is 0 Å². The molecule has 2 nitrogen and oxygen atoms in total. The van der Waals surface area contributed by atoms with Gasteiger partial charge in [0.25, 0.3) is 0 Å². The molecule has 1 aromatic carbocycles. The van der Waals surface area contributed by atoms with Gasteiger partial charge in [-0.15, -0.1) is 11.3 Å². The molecule has 2 aromatic rings. The molecule has 3 rings (SSSR count). The first-order valence-electron chi connectivity index (χ1n) is 6.90. The molecule has 0 saturated heterocycles. The first-order valence-corrected chi connectivity index (χ1v) is 8.16. The van der Waals surface area contributed by atoms with Crippen molar-refractivity contribution in [2.24, 2.45) is 0 Å². The molecule has 1 aliphatic carbocycles. The van der Waals surface area contributed by atoms with E-state index in [4.69, 9.17) is 16.3 Å². The third-order valence-corrected chi connectivity index (χ3v) is 5.22. The molecule has 20 heavy (non-hydrogen) atoms. The number of hydrogen-bond acceptors (Lipinski definition) is 3. The summed E-state index contributed by atoms with van der Waals surface area (Å²) >= 11 is 8.16. The van der Waals surface area contributed by atoms with Crippen molar-refractivity contribution in [2.45, 2.75) is 31.8 Å². The number of aryl methyl sites for hydroxylation is 1. The van der Waals surface area contributed by atoms with Crippen molar-refractivity contribution >= 4 is 22.9 Å². The van der Waals surface area contributed by atoms with Crippen LogP contribution < -0.4 is 10.1 Å². The Morgan fingerprint density at radius 3 is 3.15 bits per heavy atom. The number of thiophene rings is 1. The maximum absolute atomic E-state index is 6.29. The maximum Gasteiger partial charge on any atom is 0.124 e. The summed E-state index contributed by atoms with van der Waals surface area (Å²) in [7, 11) is 1.69. The molecular formula is C16H18ClNOS. The highest BCUT2D eigenvalue weighted by Gasteiger charge is 2.21.